The van der Waals surface area contributed by atoms with E-state index in [1.807, 2.05) is 30.3 Å². The number of carbonyl (C=O) groups excluding carboxylic acids is 1. The molecule has 0 aliphatic heterocycles. The molecular weight excluding hydrogens is 322 g/mol. The number of hydrogen-bond donors (Lipinski definition) is 1. The van der Waals surface area contributed by atoms with Crippen LogP contribution in [0, 0.1) is 10.1 Å². The first-order valence-corrected chi connectivity index (χ1v) is 7.61. The summed E-state index contributed by atoms with van der Waals surface area (Å²) in [7, 11) is 0. The van der Waals surface area contributed by atoms with Crippen molar-refractivity contribution < 1.29 is 14.5 Å². The summed E-state index contributed by atoms with van der Waals surface area (Å²) in [5.41, 5.74) is 2.23. The number of aromatic amines is 1. The molecule has 0 bridgehead atoms. The van der Waals surface area contributed by atoms with Crippen molar-refractivity contribution in [2.75, 3.05) is 0 Å². The Morgan fingerprint density at radius 3 is 2.64 bits per heavy atom. The second kappa shape index (κ2) is 6.96. The molecule has 7 nitrogen and oxygen atoms in total. The maximum absolute atomic E-state index is 12.3. The van der Waals surface area contributed by atoms with E-state index in [0.717, 1.165) is 5.56 Å². The molecule has 126 valence electrons. The largest absolute Gasteiger partial charge is 0.453 e. The van der Waals surface area contributed by atoms with Gasteiger partial charge in [-0.3, -0.25) is 15.2 Å². The van der Waals surface area contributed by atoms with Crippen molar-refractivity contribution in [1.29, 1.82) is 0 Å². The minimum atomic E-state index is -0.629. The van der Waals surface area contributed by atoms with Crippen molar-refractivity contribution in [3.8, 4) is 11.3 Å². The minimum Gasteiger partial charge on any atom is -0.453 e. The molecule has 1 heterocycles. The van der Waals surface area contributed by atoms with Crippen LogP contribution in [0.4, 0.5) is 5.69 Å². The van der Waals surface area contributed by atoms with Crippen LogP contribution in [0.15, 0.2) is 60.7 Å². The van der Waals surface area contributed by atoms with E-state index in [0.29, 0.717) is 11.3 Å². The lowest BCUT2D eigenvalue weighted by molar-refractivity contribution is -0.385. The maximum atomic E-state index is 12.3. The molecule has 1 atom stereocenters. The predicted octanol–water partition coefficient (Wildman–Crippen LogP) is 3.90. The molecule has 0 spiro atoms. The summed E-state index contributed by atoms with van der Waals surface area (Å²) in [4.78, 5) is 22.6. The van der Waals surface area contributed by atoms with Gasteiger partial charge in [-0.15, -0.1) is 0 Å². The van der Waals surface area contributed by atoms with E-state index >= 15 is 0 Å². The maximum Gasteiger partial charge on any atom is 0.356 e. The van der Waals surface area contributed by atoms with E-state index in [4.69, 9.17) is 4.74 Å². The number of hydrogen-bond acceptors (Lipinski definition) is 5. The Morgan fingerprint density at radius 1 is 1.16 bits per heavy atom. The fourth-order valence-corrected chi connectivity index (χ4v) is 2.37. The van der Waals surface area contributed by atoms with Gasteiger partial charge in [0.2, 0.25) is 0 Å². The Labute approximate surface area is 143 Å². The van der Waals surface area contributed by atoms with Gasteiger partial charge < -0.3 is 4.74 Å². The van der Waals surface area contributed by atoms with Crippen LogP contribution in [0.5, 0.6) is 0 Å². The van der Waals surface area contributed by atoms with Crippen molar-refractivity contribution >= 4 is 11.7 Å². The summed E-state index contributed by atoms with van der Waals surface area (Å²) in [6.07, 6.45) is -0.629. The zero-order valence-electron chi connectivity index (χ0n) is 13.4. The molecule has 1 N–H and O–H groups in total. The summed E-state index contributed by atoms with van der Waals surface area (Å²) in [6, 6.07) is 17.0. The Balaban J connectivity index is 1.73. The number of ether oxygens (including phenoxy) is 1. The Kier molecular flexibility index (Phi) is 4.56. The number of H-pyrrole nitrogens is 1. The highest BCUT2D eigenvalue weighted by atomic mass is 16.6. The molecule has 3 rings (SSSR count). The molecular formula is C18H15N3O4. The molecule has 2 aromatic carbocycles. The number of esters is 1. The topological polar surface area (TPSA) is 98.1 Å². The summed E-state index contributed by atoms with van der Waals surface area (Å²) >= 11 is 0. The van der Waals surface area contributed by atoms with Crippen LogP contribution in [0.2, 0.25) is 0 Å². The molecule has 0 saturated carbocycles. The van der Waals surface area contributed by atoms with Crippen LogP contribution in [-0.4, -0.2) is 21.1 Å². The quantitative estimate of drug-likeness (QED) is 0.432. The first kappa shape index (κ1) is 16.4. The van der Waals surface area contributed by atoms with Gasteiger partial charge in [0.25, 0.3) is 5.69 Å². The first-order chi connectivity index (χ1) is 12.0. The molecule has 0 saturated heterocycles. The fourth-order valence-electron chi connectivity index (χ4n) is 2.37. The van der Waals surface area contributed by atoms with E-state index in [-0.39, 0.29) is 11.4 Å². The second-order valence-electron chi connectivity index (χ2n) is 5.43. The average Bonchev–Trinajstić information content (AvgIpc) is 3.13. The zero-order chi connectivity index (χ0) is 17.8. The molecule has 0 unspecified atom stereocenters. The van der Waals surface area contributed by atoms with Gasteiger partial charge in [0.15, 0.2) is 0 Å². The number of rotatable bonds is 5. The molecule has 0 fully saturated rings. The molecule has 0 aliphatic carbocycles. The number of nitro benzene ring substituents is 1. The highest BCUT2D eigenvalue weighted by molar-refractivity contribution is 5.88. The third kappa shape index (κ3) is 3.72. The van der Waals surface area contributed by atoms with Gasteiger partial charge in [0.05, 0.1) is 10.6 Å². The van der Waals surface area contributed by atoms with E-state index in [2.05, 4.69) is 10.2 Å². The van der Waals surface area contributed by atoms with E-state index in [9.17, 15) is 14.9 Å². The van der Waals surface area contributed by atoms with E-state index < -0.39 is 17.0 Å². The lowest BCUT2D eigenvalue weighted by Crippen LogP contribution is -2.10. The van der Waals surface area contributed by atoms with Gasteiger partial charge in [-0.05, 0) is 18.6 Å². The SMILES string of the molecule is C[C@H](OC(=O)c1cc(-c2ccccc2)n[nH]1)c1cccc([N+](=O)[O-])c1. The predicted molar refractivity (Wildman–Crippen MR) is 91.0 cm³/mol. The second-order valence-corrected chi connectivity index (χ2v) is 5.43. The molecule has 3 aromatic rings. The zero-order valence-corrected chi connectivity index (χ0v) is 13.4. The van der Waals surface area contributed by atoms with Crippen LogP contribution in [0.25, 0.3) is 11.3 Å². The van der Waals surface area contributed by atoms with Crippen LogP contribution in [0.1, 0.15) is 29.1 Å². The Bertz CT molecular complexity index is 905. The Hall–Kier alpha value is -3.48. The smallest absolute Gasteiger partial charge is 0.356 e. The van der Waals surface area contributed by atoms with Crippen molar-refractivity contribution in [2.24, 2.45) is 0 Å². The highest BCUT2D eigenvalue weighted by Crippen LogP contribution is 2.23. The first-order valence-electron chi connectivity index (χ1n) is 7.61. The number of nitrogens with zero attached hydrogens (tertiary/aromatic N) is 2. The number of nitrogens with one attached hydrogen (secondary N) is 1. The lowest BCUT2D eigenvalue weighted by Gasteiger charge is -2.12. The number of nitro groups is 1. The van der Waals surface area contributed by atoms with Crippen molar-refractivity contribution in [3.05, 3.63) is 82.0 Å². The Morgan fingerprint density at radius 2 is 1.92 bits per heavy atom. The van der Waals surface area contributed by atoms with Gasteiger partial charge in [0.1, 0.15) is 11.8 Å². The minimum absolute atomic E-state index is 0.0479. The molecule has 7 heteroatoms. The van der Waals surface area contributed by atoms with Crippen molar-refractivity contribution in [3.63, 3.8) is 0 Å². The van der Waals surface area contributed by atoms with Gasteiger partial charge >= 0.3 is 5.97 Å². The van der Waals surface area contributed by atoms with Crippen LogP contribution in [-0.2, 0) is 4.74 Å². The number of aromatic nitrogens is 2. The lowest BCUT2D eigenvalue weighted by atomic mass is 10.1. The van der Waals surface area contributed by atoms with Gasteiger partial charge in [-0.25, -0.2) is 4.79 Å². The van der Waals surface area contributed by atoms with Gasteiger partial charge in [-0.2, -0.15) is 5.10 Å². The van der Waals surface area contributed by atoms with E-state index in [1.165, 1.54) is 12.1 Å². The van der Waals surface area contributed by atoms with Crippen molar-refractivity contribution in [1.82, 2.24) is 10.2 Å². The monoisotopic (exact) mass is 337 g/mol. The standard InChI is InChI=1S/C18H15N3O4/c1-12(14-8-5-9-15(10-14)21(23)24)25-18(22)17-11-16(19-20-17)13-6-3-2-4-7-13/h2-12H,1H3,(H,19,20)/t12-/m0/s1. The average molecular weight is 337 g/mol. The molecule has 1 aromatic heterocycles. The van der Waals surface area contributed by atoms with E-state index in [1.54, 1.807) is 25.1 Å². The third-order valence-corrected chi connectivity index (χ3v) is 3.70. The number of benzene rings is 2. The molecule has 0 amide bonds. The molecule has 25 heavy (non-hydrogen) atoms. The normalized spacial score (nSPS) is 11.7. The number of non-ortho nitro benzene ring substituents is 1. The van der Waals surface area contributed by atoms with Crippen LogP contribution < -0.4 is 0 Å². The highest BCUT2D eigenvalue weighted by Gasteiger charge is 2.18. The summed E-state index contributed by atoms with van der Waals surface area (Å²) < 4.78 is 5.37. The fraction of sp³-hybridized carbons (Fsp3) is 0.111. The molecule has 0 radical (unpaired) electrons. The van der Waals surface area contributed by atoms with Crippen LogP contribution in [0.3, 0.4) is 0 Å². The summed E-state index contributed by atoms with van der Waals surface area (Å²) in [5, 5.41) is 17.6. The molecule has 0 aliphatic rings. The third-order valence-electron chi connectivity index (χ3n) is 3.70. The van der Waals surface area contributed by atoms with Crippen molar-refractivity contribution in [2.45, 2.75) is 13.0 Å². The summed E-state index contributed by atoms with van der Waals surface area (Å²) in [5.74, 6) is -0.575. The van der Waals surface area contributed by atoms with Crippen LogP contribution >= 0.6 is 0 Å². The van der Waals surface area contributed by atoms with Gasteiger partial charge in [0, 0.05) is 17.7 Å². The number of carbonyl (C=O) groups is 1. The van der Waals surface area contributed by atoms with Gasteiger partial charge in [-0.1, -0.05) is 42.5 Å². The summed E-state index contributed by atoms with van der Waals surface area (Å²) in [6.45, 7) is 1.66.